The fourth-order valence-corrected chi connectivity index (χ4v) is 2.73. The summed E-state index contributed by atoms with van der Waals surface area (Å²) in [5, 5.41) is 11.2. The molecule has 0 aliphatic heterocycles. The van der Waals surface area contributed by atoms with E-state index in [0.717, 1.165) is 10.4 Å². The molecule has 1 amide bonds. The fraction of sp³-hybridized carbons (Fsp3) is 0.267. The molecule has 0 bridgehead atoms. The molecule has 2 rings (SSSR count). The Labute approximate surface area is 122 Å². The number of carbonyl (C=O) groups is 1. The number of hydrogen-bond acceptors (Lipinski definition) is 4. The molecule has 4 nitrogen and oxygen atoms in total. The van der Waals surface area contributed by atoms with Crippen molar-refractivity contribution in [3.05, 3.63) is 52.2 Å². The van der Waals surface area contributed by atoms with Gasteiger partial charge in [-0.05, 0) is 35.6 Å². The maximum atomic E-state index is 12.2. The zero-order valence-electron chi connectivity index (χ0n) is 11.3. The molecule has 1 aromatic carbocycles. The van der Waals surface area contributed by atoms with E-state index in [-0.39, 0.29) is 11.7 Å². The molecule has 0 aliphatic carbocycles. The summed E-state index contributed by atoms with van der Waals surface area (Å²) >= 11 is 1.62. The number of nitrogens with zero attached hydrogens (tertiary/aromatic N) is 1. The Morgan fingerprint density at radius 1 is 1.35 bits per heavy atom. The second-order valence-electron chi connectivity index (χ2n) is 4.75. The molecular formula is C15H18N2O2S. The van der Waals surface area contributed by atoms with Crippen LogP contribution in [-0.4, -0.2) is 29.0 Å². The Bertz CT molecular complexity index is 552. The number of likely N-dealkylation sites (N-methyl/N-ethyl adjacent to an activating group) is 1. The molecule has 0 saturated heterocycles. The van der Waals surface area contributed by atoms with Crippen LogP contribution in [0.2, 0.25) is 0 Å². The highest BCUT2D eigenvalue weighted by Gasteiger charge is 2.18. The van der Waals surface area contributed by atoms with Crippen molar-refractivity contribution in [3.8, 4) is 5.75 Å². The topological polar surface area (TPSA) is 66.6 Å². The van der Waals surface area contributed by atoms with Gasteiger partial charge in [-0.15, -0.1) is 11.3 Å². The van der Waals surface area contributed by atoms with Crippen LogP contribution in [0.15, 0.2) is 41.8 Å². The smallest absolute Gasteiger partial charge is 0.239 e. The molecule has 106 valence electrons. The lowest BCUT2D eigenvalue weighted by molar-refractivity contribution is -0.131. The van der Waals surface area contributed by atoms with Crippen LogP contribution in [0.5, 0.6) is 5.75 Å². The zero-order chi connectivity index (χ0) is 14.5. The minimum atomic E-state index is -0.565. The maximum absolute atomic E-state index is 12.2. The quantitative estimate of drug-likeness (QED) is 0.885. The van der Waals surface area contributed by atoms with E-state index >= 15 is 0 Å². The first kappa shape index (κ1) is 14.6. The Kier molecular flexibility index (Phi) is 4.76. The predicted molar refractivity (Wildman–Crippen MR) is 80.6 cm³/mol. The van der Waals surface area contributed by atoms with Crippen molar-refractivity contribution in [1.29, 1.82) is 0 Å². The third kappa shape index (κ3) is 3.82. The monoisotopic (exact) mass is 290 g/mol. The van der Waals surface area contributed by atoms with E-state index in [9.17, 15) is 9.90 Å². The Morgan fingerprint density at radius 3 is 2.65 bits per heavy atom. The van der Waals surface area contributed by atoms with E-state index in [1.54, 1.807) is 47.5 Å². The third-order valence-corrected chi connectivity index (χ3v) is 3.92. The van der Waals surface area contributed by atoms with Gasteiger partial charge < -0.3 is 15.7 Å². The van der Waals surface area contributed by atoms with Gasteiger partial charge in [0.2, 0.25) is 5.91 Å². The molecule has 1 aromatic heterocycles. The molecule has 0 fully saturated rings. The number of nitrogens with two attached hydrogens (primary N) is 1. The highest BCUT2D eigenvalue weighted by atomic mass is 32.1. The van der Waals surface area contributed by atoms with E-state index in [1.165, 1.54) is 0 Å². The second-order valence-corrected chi connectivity index (χ2v) is 5.78. The van der Waals surface area contributed by atoms with Crippen LogP contribution >= 0.6 is 11.3 Å². The fourth-order valence-electron chi connectivity index (χ4n) is 1.97. The Morgan fingerprint density at radius 2 is 2.05 bits per heavy atom. The van der Waals surface area contributed by atoms with E-state index in [0.29, 0.717) is 13.0 Å². The first-order chi connectivity index (χ1) is 9.56. The summed E-state index contributed by atoms with van der Waals surface area (Å²) in [6.45, 7) is 0.583. The van der Waals surface area contributed by atoms with Crippen LogP contribution < -0.4 is 5.73 Å². The lowest BCUT2D eigenvalue weighted by Gasteiger charge is -2.20. The second kappa shape index (κ2) is 6.54. The summed E-state index contributed by atoms with van der Waals surface area (Å²) in [6, 6.07) is 10.2. The van der Waals surface area contributed by atoms with Gasteiger partial charge in [0, 0.05) is 11.9 Å². The van der Waals surface area contributed by atoms with E-state index < -0.39 is 6.04 Å². The Balaban J connectivity index is 1.92. The van der Waals surface area contributed by atoms with Crippen molar-refractivity contribution in [1.82, 2.24) is 4.90 Å². The van der Waals surface area contributed by atoms with E-state index in [1.807, 2.05) is 17.5 Å². The van der Waals surface area contributed by atoms with E-state index in [4.69, 9.17) is 5.73 Å². The van der Waals surface area contributed by atoms with Crippen LogP contribution in [-0.2, 0) is 17.8 Å². The SMILES string of the molecule is CN(Cc1cccs1)C(=O)[C@@H](N)Cc1ccc(O)cc1. The lowest BCUT2D eigenvalue weighted by Crippen LogP contribution is -2.42. The van der Waals surface area contributed by atoms with Crippen molar-refractivity contribution in [2.75, 3.05) is 7.05 Å². The van der Waals surface area contributed by atoms with Crippen molar-refractivity contribution in [2.24, 2.45) is 5.73 Å². The van der Waals surface area contributed by atoms with Crippen LogP contribution in [0.4, 0.5) is 0 Å². The highest BCUT2D eigenvalue weighted by Crippen LogP contribution is 2.13. The molecule has 0 aliphatic rings. The number of hydrogen-bond donors (Lipinski definition) is 2. The number of carbonyl (C=O) groups excluding carboxylic acids is 1. The summed E-state index contributed by atoms with van der Waals surface area (Å²) in [7, 11) is 1.76. The standard InChI is InChI=1S/C15H18N2O2S/c1-17(10-13-3-2-8-20-13)15(19)14(16)9-11-4-6-12(18)7-5-11/h2-8,14,18H,9-10,16H2,1H3/t14-/m0/s1. The molecule has 5 heteroatoms. The number of benzene rings is 1. The minimum absolute atomic E-state index is 0.0773. The number of aromatic hydroxyl groups is 1. The number of amides is 1. The predicted octanol–water partition coefficient (Wildman–Crippen LogP) is 1.98. The third-order valence-electron chi connectivity index (χ3n) is 3.06. The summed E-state index contributed by atoms with van der Waals surface area (Å²) < 4.78 is 0. The van der Waals surface area contributed by atoms with Gasteiger partial charge in [0.15, 0.2) is 0 Å². The lowest BCUT2D eigenvalue weighted by atomic mass is 10.1. The number of rotatable bonds is 5. The maximum Gasteiger partial charge on any atom is 0.239 e. The van der Waals surface area contributed by atoms with Crippen LogP contribution in [0.3, 0.4) is 0 Å². The van der Waals surface area contributed by atoms with E-state index in [2.05, 4.69) is 0 Å². The highest BCUT2D eigenvalue weighted by molar-refractivity contribution is 7.09. The van der Waals surface area contributed by atoms with Crippen molar-refractivity contribution in [2.45, 2.75) is 19.0 Å². The summed E-state index contributed by atoms with van der Waals surface area (Å²) in [4.78, 5) is 15.0. The van der Waals surface area contributed by atoms with Crippen molar-refractivity contribution in [3.63, 3.8) is 0 Å². The normalized spacial score (nSPS) is 12.1. The average Bonchev–Trinajstić information content (AvgIpc) is 2.93. The molecule has 2 aromatic rings. The number of phenols is 1. The van der Waals surface area contributed by atoms with Crippen molar-refractivity contribution >= 4 is 17.2 Å². The summed E-state index contributed by atoms with van der Waals surface area (Å²) in [5.41, 5.74) is 6.90. The molecule has 0 saturated carbocycles. The van der Waals surface area contributed by atoms with Gasteiger partial charge in [-0.2, -0.15) is 0 Å². The van der Waals surface area contributed by atoms with Gasteiger partial charge >= 0.3 is 0 Å². The average molecular weight is 290 g/mol. The van der Waals surface area contributed by atoms with Gasteiger partial charge in [-0.3, -0.25) is 4.79 Å². The molecule has 1 atom stereocenters. The molecule has 0 unspecified atom stereocenters. The van der Waals surface area contributed by atoms with Crippen LogP contribution in [0.25, 0.3) is 0 Å². The Hall–Kier alpha value is -1.85. The van der Waals surface area contributed by atoms with Gasteiger partial charge in [0.05, 0.1) is 12.6 Å². The molecule has 1 heterocycles. The number of phenolic OH excluding ortho intramolecular Hbond substituents is 1. The van der Waals surface area contributed by atoms with Gasteiger partial charge in [0.25, 0.3) is 0 Å². The van der Waals surface area contributed by atoms with Crippen LogP contribution in [0.1, 0.15) is 10.4 Å². The van der Waals surface area contributed by atoms with Crippen LogP contribution in [0, 0.1) is 0 Å². The summed E-state index contributed by atoms with van der Waals surface area (Å²) in [6.07, 6.45) is 0.466. The van der Waals surface area contributed by atoms with Crippen molar-refractivity contribution < 1.29 is 9.90 Å². The molecule has 0 radical (unpaired) electrons. The molecule has 20 heavy (non-hydrogen) atoms. The zero-order valence-corrected chi connectivity index (χ0v) is 12.1. The van der Waals surface area contributed by atoms with Gasteiger partial charge in [-0.25, -0.2) is 0 Å². The number of thiophene rings is 1. The largest absolute Gasteiger partial charge is 0.508 e. The summed E-state index contributed by atoms with van der Waals surface area (Å²) in [5.74, 6) is 0.134. The molecule has 3 N–H and O–H groups in total. The van der Waals surface area contributed by atoms with Gasteiger partial charge in [-0.1, -0.05) is 18.2 Å². The van der Waals surface area contributed by atoms with Gasteiger partial charge in [0.1, 0.15) is 5.75 Å². The minimum Gasteiger partial charge on any atom is -0.508 e. The molecular weight excluding hydrogens is 272 g/mol. The molecule has 0 spiro atoms. The first-order valence-electron chi connectivity index (χ1n) is 6.37. The first-order valence-corrected chi connectivity index (χ1v) is 7.25.